The highest BCUT2D eigenvalue weighted by Crippen LogP contribution is 2.19. The molecule has 2 aromatic carbocycles. The molecule has 0 saturated carbocycles. The molecule has 2 aromatic rings. The normalized spacial score (nSPS) is 11.5. The third-order valence-corrected chi connectivity index (χ3v) is 4.26. The number of nitro groups is 1. The van der Waals surface area contributed by atoms with Crippen LogP contribution < -0.4 is 5.32 Å². The van der Waals surface area contributed by atoms with Crippen LogP contribution in [0.3, 0.4) is 0 Å². The number of carbonyl (C=O) groups excluding carboxylic acids is 2. The first-order valence-electron chi connectivity index (χ1n) is 8.32. The van der Waals surface area contributed by atoms with Crippen LogP contribution in [0.15, 0.2) is 46.9 Å². The second-order valence-corrected chi connectivity index (χ2v) is 6.87. The highest BCUT2D eigenvalue weighted by atomic mass is 79.9. The Morgan fingerprint density at radius 2 is 1.81 bits per heavy atom. The van der Waals surface area contributed by atoms with Gasteiger partial charge in [0.05, 0.1) is 17.1 Å². The van der Waals surface area contributed by atoms with Crippen molar-refractivity contribution < 1.29 is 19.2 Å². The van der Waals surface area contributed by atoms with Crippen molar-refractivity contribution in [2.24, 2.45) is 0 Å². The van der Waals surface area contributed by atoms with Crippen LogP contribution in [0.2, 0.25) is 0 Å². The summed E-state index contributed by atoms with van der Waals surface area (Å²) in [7, 11) is 0. The fourth-order valence-electron chi connectivity index (χ4n) is 2.51. The van der Waals surface area contributed by atoms with E-state index >= 15 is 0 Å². The van der Waals surface area contributed by atoms with E-state index in [1.165, 1.54) is 6.07 Å². The van der Waals surface area contributed by atoms with Gasteiger partial charge in [-0.05, 0) is 44.0 Å². The molecule has 27 heavy (non-hydrogen) atoms. The molecule has 0 spiro atoms. The second-order valence-electron chi connectivity index (χ2n) is 5.95. The number of benzene rings is 2. The predicted octanol–water partition coefficient (Wildman–Crippen LogP) is 3.90. The Balaban J connectivity index is 2.17. The third-order valence-electron chi connectivity index (χ3n) is 3.73. The average molecular weight is 435 g/mol. The number of halogens is 1. The largest absolute Gasteiger partial charge is 0.462 e. The van der Waals surface area contributed by atoms with Crippen LogP contribution in [0.4, 0.5) is 5.69 Å². The zero-order valence-corrected chi connectivity index (χ0v) is 16.5. The topological polar surface area (TPSA) is 98.5 Å². The van der Waals surface area contributed by atoms with E-state index in [4.69, 9.17) is 4.74 Å². The molecule has 0 aliphatic rings. The molecule has 8 heteroatoms. The summed E-state index contributed by atoms with van der Waals surface area (Å²) in [6, 6.07) is 11.0. The molecule has 7 nitrogen and oxygen atoms in total. The Labute approximate surface area is 165 Å². The van der Waals surface area contributed by atoms with Gasteiger partial charge in [-0.2, -0.15) is 0 Å². The fraction of sp³-hybridized carbons (Fsp3) is 0.263. The van der Waals surface area contributed by atoms with Gasteiger partial charge in [-0.25, -0.2) is 4.79 Å². The van der Waals surface area contributed by atoms with Crippen LogP contribution in [-0.4, -0.2) is 29.4 Å². The zero-order chi connectivity index (χ0) is 20.0. The smallest absolute Gasteiger partial charge is 0.338 e. The van der Waals surface area contributed by atoms with Crippen LogP contribution in [0.1, 0.15) is 40.1 Å². The summed E-state index contributed by atoms with van der Waals surface area (Å²) in [6.45, 7) is 3.60. The first-order chi connectivity index (χ1) is 12.8. The van der Waals surface area contributed by atoms with Crippen molar-refractivity contribution in [1.82, 2.24) is 5.32 Å². The standard InChI is InChI=1S/C19H19BrN2O5/c1-3-27-19(24)15-9-14(10-17(11-15)22(25)26)18(23)21-12(2)8-13-4-6-16(20)7-5-13/h4-7,9-12H,3,8H2,1-2H3,(H,21,23). The summed E-state index contributed by atoms with van der Waals surface area (Å²) in [4.78, 5) is 34.9. The lowest BCUT2D eigenvalue weighted by Gasteiger charge is -2.14. The summed E-state index contributed by atoms with van der Waals surface area (Å²) >= 11 is 3.37. The van der Waals surface area contributed by atoms with E-state index < -0.39 is 16.8 Å². The number of rotatable bonds is 7. The van der Waals surface area contributed by atoms with E-state index in [1.807, 2.05) is 31.2 Å². The van der Waals surface area contributed by atoms with Gasteiger partial charge < -0.3 is 10.1 Å². The summed E-state index contributed by atoms with van der Waals surface area (Å²) < 4.78 is 5.83. The maximum Gasteiger partial charge on any atom is 0.338 e. The lowest BCUT2D eigenvalue weighted by molar-refractivity contribution is -0.384. The Bertz CT molecular complexity index is 852. The molecule has 0 bridgehead atoms. The molecule has 0 radical (unpaired) electrons. The molecule has 0 heterocycles. The van der Waals surface area contributed by atoms with Gasteiger partial charge in [0.1, 0.15) is 0 Å². The van der Waals surface area contributed by atoms with Crippen molar-refractivity contribution in [2.45, 2.75) is 26.3 Å². The van der Waals surface area contributed by atoms with Gasteiger partial charge in [-0.3, -0.25) is 14.9 Å². The molecule has 142 valence electrons. The predicted molar refractivity (Wildman–Crippen MR) is 104 cm³/mol. The molecular weight excluding hydrogens is 416 g/mol. The summed E-state index contributed by atoms with van der Waals surface area (Å²) in [5, 5.41) is 13.9. The van der Waals surface area contributed by atoms with Crippen molar-refractivity contribution >= 4 is 33.5 Å². The molecule has 1 N–H and O–H groups in total. The molecule has 0 aromatic heterocycles. The Kier molecular flexibility index (Phi) is 7.06. The second kappa shape index (κ2) is 9.27. The van der Waals surface area contributed by atoms with Crippen LogP contribution in [0.5, 0.6) is 0 Å². The molecule has 1 atom stereocenters. The van der Waals surface area contributed by atoms with Crippen molar-refractivity contribution in [3.63, 3.8) is 0 Å². The molecule has 2 rings (SSSR count). The van der Waals surface area contributed by atoms with Gasteiger partial charge >= 0.3 is 5.97 Å². The van der Waals surface area contributed by atoms with E-state index in [0.717, 1.165) is 22.2 Å². The highest BCUT2D eigenvalue weighted by Gasteiger charge is 2.19. The SMILES string of the molecule is CCOC(=O)c1cc(C(=O)NC(C)Cc2ccc(Br)cc2)cc([N+](=O)[O-])c1. The van der Waals surface area contributed by atoms with E-state index in [1.54, 1.807) is 6.92 Å². The Morgan fingerprint density at radius 1 is 1.19 bits per heavy atom. The lowest BCUT2D eigenvalue weighted by atomic mass is 10.1. The lowest BCUT2D eigenvalue weighted by Crippen LogP contribution is -2.34. The Morgan fingerprint density at radius 3 is 2.41 bits per heavy atom. The minimum Gasteiger partial charge on any atom is -0.462 e. The first kappa shape index (κ1) is 20.6. The van der Waals surface area contributed by atoms with Gasteiger partial charge in [0.25, 0.3) is 11.6 Å². The highest BCUT2D eigenvalue weighted by molar-refractivity contribution is 9.10. The summed E-state index contributed by atoms with van der Waals surface area (Å²) in [5.74, 6) is -1.20. The number of nitro benzene ring substituents is 1. The number of nitrogens with one attached hydrogen (secondary N) is 1. The van der Waals surface area contributed by atoms with Crippen molar-refractivity contribution in [3.05, 3.63) is 73.7 Å². The fourth-order valence-corrected chi connectivity index (χ4v) is 2.78. The van der Waals surface area contributed by atoms with Gasteiger partial charge in [0.15, 0.2) is 0 Å². The number of esters is 1. The van der Waals surface area contributed by atoms with Crippen molar-refractivity contribution in [3.8, 4) is 0 Å². The zero-order valence-electron chi connectivity index (χ0n) is 14.9. The van der Waals surface area contributed by atoms with Crippen LogP contribution in [0.25, 0.3) is 0 Å². The monoisotopic (exact) mass is 434 g/mol. The van der Waals surface area contributed by atoms with Gasteiger partial charge in [0, 0.05) is 28.2 Å². The number of hydrogen-bond donors (Lipinski definition) is 1. The molecule has 1 unspecified atom stereocenters. The van der Waals surface area contributed by atoms with E-state index in [0.29, 0.717) is 6.42 Å². The van der Waals surface area contributed by atoms with Gasteiger partial charge in [-0.1, -0.05) is 28.1 Å². The minimum atomic E-state index is -0.710. The van der Waals surface area contributed by atoms with E-state index in [2.05, 4.69) is 21.2 Å². The maximum absolute atomic E-state index is 12.5. The average Bonchev–Trinajstić information content (AvgIpc) is 2.63. The van der Waals surface area contributed by atoms with Gasteiger partial charge in [0.2, 0.25) is 0 Å². The molecule has 0 fully saturated rings. The summed E-state index contributed by atoms with van der Waals surface area (Å²) in [6.07, 6.45) is 0.596. The molecule has 0 saturated heterocycles. The number of ether oxygens (including phenoxy) is 1. The number of non-ortho nitro benzene ring substituents is 1. The number of amides is 1. The maximum atomic E-state index is 12.5. The van der Waals surface area contributed by atoms with Crippen molar-refractivity contribution in [2.75, 3.05) is 6.61 Å². The molecular formula is C19H19BrN2O5. The minimum absolute atomic E-state index is 0.0308. The molecule has 0 aliphatic heterocycles. The third kappa shape index (κ3) is 5.89. The summed E-state index contributed by atoms with van der Waals surface area (Å²) in [5.41, 5.74) is 0.704. The first-order valence-corrected chi connectivity index (χ1v) is 9.11. The number of hydrogen-bond acceptors (Lipinski definition) is 5. The van der Waals surface area contributed by atoms with Crippen molar-refractivity contribution in [1.29, 1.82) is 0 Å². The van der Waals surface area contributed by atoms with Gasteiger partial charge in [-0.15, -0.1) is 0 Å². The molecule has 0 aliphatic carbocycles. The molecule has 1 amide bonds. The van der Waals surface area contributed by atoms with Crippen LogP contribution >= 0.6 is 15.9 Å². The van der Waals surface area contributed by atoms with E-state index in [9.17, 15) is 19.7 Å². The van der Waals surface area contributed by atoms with E-state index in [-0.39, 0.29) is 29.5 Å². The quantitative estimate of drug-likeness (QED) is 0.404. The number of carbonyl (C=O) groups is 2. The van der Waals surface area contributed by atoms with Crippen LogP contribution in [0, 0.1) is 10.1 Å². The number of nitrogens with zero attached hydrogens (tertiary/aromatic N) is 1. The van der Waals surface area contributed by atoms with Crippen LogP contribution in [-0.2, 0) is 11.2 Å². The Hall–Kier alpha value is -2.74.